The zero-order valence-corrected chi connectivity index (χ0v) is 11.7. The Bertz CT molecular complexity index is 294. The summed E-state index contributed by atoms with van der Waals surface area (Å²) in [6, 6.07) is 0.913. The molecule has 5 unspecified atom stereocenters. The van der Waals surface area contributed by atoms with E-state index in [-0.39, 0.29) is 0 Å². The second-order valence-corrected chi connectivity index (χ2v) is 7.67. The summed E-state index contributed by atoms with van der Waals surface area (Å²) in [6.45, 7) is 1.34. The predicted molar refractivity (Wildman–Crippen MR) is 75.4 cm³/mol. The van der Waals surface area contributed by atoms with Gasteiger partial charge in [0.1, 0.15) is 0 Å². The molecular weight excluding hydrogens is 218 g/mol. The van der Waals surface area contributed by atoms with Crippen molar-refractivity contribution in [2.75, 3.05) is 6.54 Å². The van der Waals surface area contributed by atoms with E-state index in [0.29, 0.717) is 0 Å². The molecule has 0 radical (unpaired) electrons. The van der Waals surface area contributed by atoms with Crippen LogP contribution in [0.2, 0.25) is 0 Å². The molecule has 0 aromatic heterocycles. The quantitative estimate of drug-likeness (QED) is 0.795. The Morgan fingerprint density at radius 1 is 0.722 bits per heavy atom. The average molecular weight is 247 g/mol. The fourth-order valence-corrected chi connectivity index (χ4v) is 6.01. The SMILES string of the molecule is C1CCC(CNC2CC3CC2C2CCCC32)CC1. The zero-order valence-electron chi connectivity index (χ0n) is 11.7. The highest BCUT2D eigenvalue weighted by atomic mass is 14.9. The predicted octanol–water partition coefficient (Wildman–Crippen LogP) is 3.98. The summed E-state index contributed by atoms with van der Waals surface area (Å²) in [5, 5.41) is 4.00. The van der Waals surface area contributed by atoms with Crippen molar-refractivity contribution in [2.24, 2.45) is 29.6 Å². The first-order chi connectivity index (χ1) is 8.92. The van der Waals surface area contributed by atoms with E-state index >= 15 is 0 Å². The van der Waals surface area contributed by atoms with Gasteiger partial charge >= 0.3 is 0 Å². The fourth-order valence-electron chi connectivity index (χ4n) is 6.01. The summed E-state index contributed by atoms with van der Waals surface area (Å²) in [7, 11) is 0. The molecule has 1 nitrogen and oxygen atoms in total. The monoisotopic (exact) mass is 247 g/mol. The standard InChI is InChI=1S/C17H29N/c1-2-5-12(6-3-1)11-18-17-10-13-9-16(17)15-8-4-7-14(13)15/h12-18H,1-11H2. The lowest BCUT2D eigenvalue weighted by Crippen LogP contribution is -2.41. The van der Waals surface area contributed by atoms with Crippen LogP contribution in [-0.4, -0.2) is 12.6 Å². The van der Waals surface area contributed by atoms with Crippen molar-refractivity contribution in [2.45, 2.75) is 70.3 Å². The van der Waals surface area contributed by atoms with Crippen molar-refractivity contribution in [1.82, 2.24) is 5.32 Å². The molecule has 4 rings (SSSR count). The van der Waals surface area contributed by atoms with E-state index in [1.165, 1.54) is 51.5 Å². The Labute approximate surface area is 112 Å². The average Bonchev–Trinajstić information content (AvgIpc) is 3.09. The molecule has 2 bridgehead atoms. The molecule has 18 heavy (non-hydrogen) atoms. The van der Waals surface area contributed by atoms with E-state index in [2.05, 4.69) is 5.32 Å². The van der Waals surface area contributed by atoms with E-state index in [9.17, 15) is 0 Å². The molecule has 4 fully saturated rings. The van der Waals surface area contributed by atoms with E-state index in [1.54, 1.807) is 19.3 Å². The molecule has 4 aliphatic rings. The lowest BCUT2D eigenvalue weighted by molar-refractivity contribution is 0.198. The van der Waals surface area contributed by atoms with E-state index < -0.39 is 0 Å². The van der Waals surface area contributed by atoms with Gasteiger partial charge in [-0.3, -0.25) is 0 Å². The number of hydrogen-bond acceptors (Lipinski definition) is 1. The van der Waals surface area contributed by atoms with Crippen molar-refractivity contribution in [1.29, 1.82) is 0 Å². The van der Waals surface area contributed by atoms with Gasteiger partial charge in [0.25, 0.3) is 0 Å². The molecule has 0 aromatic rings. The Balaban J connectivity index is 1.31. The third-order valence-corrected chi connectivity index (χ3v) is 6.82. The number of nitrogens with one attached hydrogen (secondary N) is 1. The van der Waals surface area contributed by atoms with Gasteiger partial charge in [-0.1, -0.05) is 25.7 Å². The summed E-state index contributed by atoms with van der Waals surface area (Å²) in [5.74, 6) is 5.49. The molecule has 4 saturated carbocycles. The van der Waals surface area contributed by atoms with Crippen molar-refractivity contribution < 1.29 is 0 Å². The Kier molecular flexibility index (Phi) is 3.14. The van der Waals surface area contributed by atoms with Crippen LogP contribution >= 0.6 is 0 Å². The molecule has 4 aliphatic carbocycles. The molecule has 0 amide bonds. The molecule has 0 spiro atoms. The van der Waals surface area contributed by atoms with Gasteiger partial charge in [0.2, 0.25) is 0 Å². The molecule has 5 atom stereocenters. The summed E-state index contributed by atoms with van der Waals surface area (Å²) >= 11 is 0. The maximum Gasteiger partial charge on any atom is 0.0101 e. The number of fused-ring (bicyclic) bond motifs is 5. The highest BCUT2D eigenvalue weighted by molar-refractivity contribution is 5.05. The van der Waals surface area contributed by atoms with Crippen LogP contribution in [0, 0.1) is 29.6 Å². The van der Waals surface area contributed by atoms with Crippen LogP contribution in [0.15, 0.2) is 0 Å². The first kappa shape index (κ1) is 11.8. The summed E-state index contributed by atoms with van der Waals surface area (Å²) in [4.78, 5) is 0. The van der Waals surface area contributed by atoms with Crippen LogP contribution in [-0.2, 0) is 0 Å². The van der Waals surface area contributed by atoms with Crippen LogP contribution in [0.5, 0.6) is 0 Å². The smallest absolute Gasteiger partial charge is 0.0101 e. The Morgan fingerprint density at radius 2 is 1.56 bits per heavy atom. The molecule has 102 valence electrons. The van der Waals surface area contributed by atoms with Gasteiger partial charge in [-0.05, 0) is 74.7 Å². The number of hydrogen-bond donors (Lipinski definition) is 1. The minimum atomic E-state index is 0.913. The van der Waals surface area contributed by atoms with Gasteiger partial charge in [0.15, 0.2) is 0 Å². The summed E-state index contributed by atoms with van der Waals surface area (Å²) in [6.07, 6.45) is 15.3. The van der Waals surface area contributed by atoms with Gasteiger partial charge in [-0.25, -0.2) is 0 Å². The first-order valence-electron chi connectivity index (χ1n) is 8.65. The largest absolute Gasteiger partial charge is 0.313 e. The van der Waals surface area contributed by atoms with Gasteiger partial charge in [-0.2, -0.15) is 0 Å². The second kappa shape index (κ2) is 4.81. The molecule has 1 N–H and O–H groups in total. The highest BCUT2D eigenvalue weighted by Gasteiger charge is 2.53. The molecule has 0 aliphatic heterocycles. The Hall–Kier alpha value is -0.0400. The molecule has 0 aromatic carbocycles. The topological polar surface area (TPSA) is 12.0 Å². The second-order valence-electron chi connectivity index (χ2n) is 7.67. The van der Waals surface area contributed by atoms with E-state index in [0.717, 1.165) is 35.6 Å². The lowest BCUT2D eigenvalue weighted by atomic mass is 9.79. The third kappa shape index (κ3) is 1.94. The Morgan fingerprint density at radius 3 is 2.44 bits per heavy atom. The summed E-state index contributed by atoms with van der Waals surface area (Å²) < 4.78 is 0. The van der Waals surface area contributed by atoms with Crippen LogP contribution in [0.1, 0.15) is 64.2 Å². The molecule has 1 heteroatoms. The van der Waals surface area contributed by atoms with E-state index in [4.69, 9.17) is 0 Å². The van der Waals surface area contributed by atoms with Gasteiger partial charge in [0.05, 0.1) is 0 Å². The van der Waals surface area contributed by atoms with Crippen molar-refractivity contribution in [3.8, 4) is 0 Å². The third-order valence-electron chi connectivity index (χ3n) is 6.82. The molecule has 0 heterocycles. The highest BCUT2D eigenvalue weighted by Crippen LogP contribution is 2.58. The zero-order chi connectivity index (χ0) is 11.9. The maximum atomic E-state index is 4.00. The normalized spacial score (nSPS) is 47.7. The van der Waals surface area contributed by atoms with Crippen LogP contribution in [0.4, 0.5) is 0 Å². The van der Waals surface area contributed by atoms with Gasteiger partial charge in [0, 0.05) is 6.04 Å². The lowest BCUT2D eigenvalue weighted by Gasteiger charge is -2.33. The molecule has 0 saturated heterocycles. The van der Waals surface area contributed by atoms with Crippen molar-refractivity contribution in [3.63, 3.8) is 0 Å². The van der Waals surface area contributed by atoms with Crippen molar-refractivity contribution in [3.05, 3.63) is 0 Å². The maximum absolute atomic E-state index is 4.00. The van der Waals surface area contributed by atoms with Crippen LogP contribution < -0.4 is 5.32 Å². The van der Waals surface area contributed by atoms with Crippen LogP contribution in [0.3, 0.4) is 0 Å². The van der Waals surface area contributed by atoms with Gasteiger partial charge < -0.3 is 5.32 Å². The van der Waals surface area contributed by atoms with Crippen molar-refractivity contribution >= 4 is 0 Å². The summed E-state index contributed by atoms with van der Waals surface area (Å²) in [5.41, 5.74) is 0. The number of rotatable bonds is 3. The first-order valence-corrected chi connectivity index (χ1v) is 8.65. The fraction of sp³-hybridized carbons (Fsp3) is 1.00. The molecular formula is C17H29N. The van der Waals surface area contributed by atoms with Gasteiger partial charge in [-0.15, -0.1) is 0 Å². The van der Waals surface area contributed by atoms with E-state index in [1.807, 2.05) is 0 Å². The minimum Gasteiger partial charge on any atom is -0.313 e. The minimum absolute atomic E-state index is 0.913. The van der Waals surface area contributed by atoms with Crippen LogP contribution in [0.25, 0.3) is 0 Å².